The van der Waals surface area contributed by atoms with E-state index in [9.17, 15) is 14.9 Å². The number of ether oxygens (including phenoxy) is 1. The molecule has 3 aromatic rings. The molecule has 10 heteroatoms. The highest BCUT2D eigenvalue weighted by molar-refractivity contribution is 7.80. The summed E-state index contributed by atoms with van der Waals surface area (Å²) in [6.45, 7) is 0.354. The number of aromatic nitrogens is 2. The summed E-state index contributed by atoms with van der Waals surface area (Å²) in [5.41, 5.74) is 2.32. The Balaban J connectivity index is 1.77. The summed E-state index contributed by atoms with van der Waals surface area (Å²) in [5, 5.41) is 15.1. The topological polar surface area (TPSA) is 103 Å². The highest BCUT2D eigenvalue weighted by atomic mass is 32.1. The lowest BCUT2D eigenvalue weighted by atomic mass is 10.0. The average Bonchev–Trinajstić information content (AvgIpc) is 3.42. The summed E-state index contributed by atoms with van der Waals surface area (Å²) in [6, 6.07) is 15.4. The smallest absolute Gasteiger partial charge is 0.307 e. The zero-order valence-electron chi connectivity index (χ0n) is 17.2. The molecule has 164 valence electrons. The normalized spacial score (nSPS) is 17.8. The summed E-state index contributed by atoms with van der Waals surface area (Å²) in [6.07, 6.45) is 3.73. The van der Waals surface area contributed by atoms with Crippen LogP contribution >= 0.6 is 12.2 Å². The molecular formula is C22H21N5O4S. The number of pyridine rings is 1. The van der Waals surface area contributed by atoms with Crippen molar-refractivity contribution in [3.63, 3.8) is 0 Å². The number of non-ortho nitro benzene ring substituents is 1. The summed E-state index contributed by atoms with van der Waals surface area (Å²) in [5.74, 6) is -0.332. The van der Waals surface area contributed by atoms with Crippen molar-refractivity contribution in [2.75, 3.05) is 13.7 Å². The molecule has 1 aliphatic rings. The summed E-state index contributed by atoms with van der Waals surface area (Å²) < 4.78 is 6.70. The first-order chi connectivity index (χ1) is 15.5. The van der Waals surface area contributed by atoms with Gasteiger partial charge in [0.15, 0.2) is 5.11 Å². The number of benzene rings is 1. The van der Waals surface area contributed by atoms with Crippen molar-refractivity contribution in [1.82, 2.24) is 19.8 Å². The van der Waals surface area contributed by atoms with E-state index >= 15 is 0 Å². The standard InChI is InChI=1S/C22H21N5O4S/c1-31-19(28)10-13-26-21(20(24-22(26)32)17-8-2-3-11-23-17)18-9-5-12-25(18)15-6-4-7-16(14-15)27(29)30/h2-9,11-12,14,20-21H,10,13H2,1H3,(H,24,32). The number of nitrogens with one attached hydrogen (secondary N) is 1. The zero-order valence-corrected chi connectivity index (χ0v) is 18.1. The SMILES string of the molecule is COC(=O)CCN1C(=S)NC(c2ccccn2)C1c1cccn1-c1cccc([N+](=O)[O-])c1. The van der Waals surface area contributed by atoms with Crippen LogP contribution in [0.4, 0.5) is 5.69 Å². The molecule has 2 aromatic heterocycles. The quantitative estimate of drug-likeness (QED) is 0.253. The Morgan fingerprint density at radius 3 is 2.81 bits per heavy atom. The first-order valence-electron chi connectivity index (χ1n) is 9.96. The average molecular weight is 452 g/mol. The van der Waals surface area contributed by atoms with E-state index in [1.807, 2.05) is 52.1 Å². The molecule has 1 saturated heterocycles. The highest BCUT2D eigenvalue weighted by Gasteiger charge is 2.41. The predicted octanol–water partition coefficient (Wildman–Crippen LogP) is 3.32. The molecule has 0 spiro atoms. The van der Waals surface area contributed by atoms with Gasteiger partial charge in [-0.05, 0) is 42.5 Å². The van der Waals surface area contributed by atoms with Crippen LogP contribution < -0.4 is 5.32 Å². The van der Waals surface area contributed by atoms with E-state index in [1.165, 1.54) is 19.2 Å². The minimum atomic E-state index is -0.418. The van der Waals surface area contributed by atoms with Crippen molar-refractivity contribution in [3.05, 3.63) is 88.5 Å². The van der Waals surface area contributed by atoms with Gasteiger partial charge in [0.25, 0.3) is 5.69 Å². The fourth-order valence-corrected chi connectivity index (χ4v) is 4.24. The molecule has 4 rings (SSSR count). The Morgan fingerprint density at radius 2 is 2.09 bits per heavy atom. The molecule has 2 unspecified atom stereocenters. The van der Waals surface area contributed by atoms with E-state index in [-0.39, 0.29) is 30.2 Å². The summed E-state index contributed by atoms with van der Waals surface area (Å²) in [4.78, 5) is 29.1. The van der Waals surface area contributed by atoms with Gasteiger partial charge < -0.3 is 19.5 Å². The summed E-state index contributed by atoms with van der Waals surface area (Å²) in [7, 11) is 1.35. The molecule has 32 heavy (non-hydrogen) atoms. The van der Waals surface area contributed by atoms with Crippen LogP contribution in [0, 0.1) is 10.1 Å². The van der Waals surface area contributed by atoms with Crippen LogP contribution in [0.3, 0.4) is 0 Å². The van der Waals surface area contributed by atoms with Gasteiger partial charge >= 0.3 is 5.97 Å². The van der Waals surface area contributed by atoms with E-state index < -0.39 is 4.92 Å². The summed E-state index contributed by atoms with van der Waals surface area (Å²) >= 11 is 5.61. The second-order valence-corrected chi connectivity index (χ2v) is 7.61. The van der Waals surface area contributed by atoms with Gasteiger partial charge in [-0.3, -0.25) is 19.9 Å². The Bertz CT molecular complexity index is 1150. The Kier molecular flexibility index (Phi) is 6.13. The number of carbonyl (C=O) groups excluding carboxylic acids is 1. The van der Waals surface area contributed by atoms with E-state index in [4.69, 9.17) is 17.0 Å². The van der Waals surface area contributed by atoms with Crippen LogP contribution in [0.2, 0.25) is 0 Å². The largest absolute Gasteiger partial charge is 0.469 e. The van der Waals surface area contributed by atoms with Crippen LogP contribution in [0.15, 0.2) is 67.0 Å². The van der Waals surface area contributed by atoms with Crippen LogP contribution in [-0.4, -0.2) is 44.1 Å². The van der Waals surface area contributed by atoms with Crippen LogP contribution in [-0.2, 0) is 9.53 Å². The number of thiocarbonyl (C=S) groups is 1. The van der Waals surface area contributed by atoms with Crippen LogP contribution in [0.1, 0.15) is 29.9 Å². The predicted molar refractivity (Wildman–Crippen MR) is 121 cm³/mol. The number of nitrogens with zero attached hydrogens (tertiary/aromatic N) is 4. The van der Waals surface area contributed by atoms with Gasteiger partial charge in [-0.1, -0.05) is 12.1 Å². The number of hydrogen-bond donors (Lipinski definition) is 1. The Morgan fingerprint density at radius 1 is 1.25 bits per heavy atom. The van der Waals surface area contributed by atoms with Gasteiger partial charge in [0.2, 0.25) is 0 Å². The number of esters is 1. The maximum Gasteiger partial charge on any atom is 0.307 e. The lowest BCUT2D eigenvalue weighted by Crippen LogP contribution is -2.32. The van der Waals surface area contributed by atoms with Gasteiger partial charge in [0.1, 0.15) is 0 Å². The maximum absolute atomic E-state index is 11.8. The first kappa shape index (κ1) is 21.4. The third kappa shape index (κ3) is 4.17. The number of nitro groups is 1. The monoisotopic (exact) mass is 451 g/mol. The molecule has 1 aliphatic heterocycles. The number of rotatable bonds is 7. The molecule has 1 fully saturated rings. The molecule has 0 bridgehead atoms. The first-order valence-corrected chi connectivity index (χ1v) is 10.4. The highest BCUT2D eigenvalue weighted by Crippen LogP contribution is 2.39. The molecule has 1 N–H and O–H groups in total. The number of methoxy groups -OCH3 is 1. The van der Waals surface area contributed by atoms with Gasteiger partial charge in [-0.25, -0.2) is 0 Å². The molecule has 1 aromatic carbocycles. The van der Waals surface area contributed by atoms with Gasteiger partial charge in [-0.15, -0.1) is 0 Å². The molecule has 0 saturated carbocycles. The van der Waals surface area contributed by atoms with Gasteiger partial charge in [-0.2, -0.15) is 0 Å². The lowest BCUT2D eigenvalue weighted by molar-refractivity contribution is -0.384. The van der Waals surface area contributed by atoms with Crippen LogP contribution in [0.5, 0.6) is 0 Å². The number of hydrogen-bond acceptors (Lipinski definition) is 6. The third-order valence-corrected chi connectivity index (χ3v) is 5.74. The van der Waals surface area contributed by atoms with Crippen molar-refractivity contribution < 1.29 is 14.5 Å². The molecule has 2 atom stereocenters. The number of carbonyl (C=O) groups is 1. The molecular weight excluding hydrogens is 430 g/mol. The second kappa shape index (κ2) is 9.15. The van der Waals surface area contributed by atoms with Gasteiger partial charge in [0.05, 0.1) is 41.9 Å². The molecule has 0 aliphatic carbocycles. The van der Waals surface area contributed by atoms with E-state index in [0.29, 0.717) is 17.3 Å². The molecule has 0 amide bonds. The van der Waals surface area contributed by atoms with Crippen molar-refractivity contribution >= 4 is 29.0 Å². The van der Waals surface area contributed by atoms with Crippen molar-refractivity contribution in [1.29, 1.82) is 0 Å². The molecule has 9 nitrogen and oxygen atoms in total. The van der Waals surface area contributed by atoms with Crippen LogP contribution in [0.25, 0.3) is 5.69 Å². The lowest BCUT2D eigenvalue weighted by Gasteiger charge is -2.28. The van der Waals surface area contributed by atoms with Crippen molar-refractivity contribution in [2.24, 2.45) is 0 Å². The second-order valence-electron chi connectivity index (χ2n) is 7.23. The Labute approximate surface area is 189 Å². The third-order valence-electron chi connectivity index (χ3n) is 5.38. The minimum Gasteiger partial charge on any atom is -0.469 e. The van der Waals surface area contributed by atoms with Crippen molar-refractivity contribution in [2.45, 2.75) is 18.5 Å². The maximum atomic E-state index is 11.8. The fraction of sp³-hybridized carbons (Fsp3) is 0.227. The fourth-order valence-electron chi connectivity index (χ4n) is 3.91. The van der Waals surface area contributed by atoms with Crippen molar-refractivity contribution in [3.8, 4) is 5.69 Å². The Hall–Kier alpha value is -3.79. The molecule has 3 heterocycles. The van der Waals surface area contributed by atoms with E-state index in [1.54, 1.807) is 12.3 Å². The number of nitro benzene ring substituents is 1. The van der Waals surface area contributed by atoms with E-state index in [0.717, 1.165) is 11.4 Å². The zero-order chi connectivity index (χ0) is 22.7. The van der Waals surface area contributed by atoms with Gasteiger partial charge in [0, 0.05) is 36.8 Å². The minimum absolute atomic E-state index is 0.00559. The van der Waals surface area contributed by atoms with E-state index in [2.05, 4.69) is 10.3 Å². The molecule has 0 radical (unpaired) electrons.